The zero-order chi connectivity index (χ0) is 14.3. The van der Waals surface area contributed by atoms with Gasteiger partial charge in [0.15, 0.2) is 0 Å². The van der Waals surface area contributed by atoms with E-state index in [0.29, 0.717) is 18.6 Å². The van der Waals surface area contributed by atoms with Crippen LogP contribution in [0.5, 0.6) is 0 Å². The average molecular weight is 282 g/mol. The quantitative estimate of drug-likeness (QED) is 0.726. The van der Waals surface area contributed by atoms with E-state index < -0.39 is 12.8 Å². The van der Waals surface area contributed by atoms with Crippen molar-refractivity contribution in [1.82, 2.24) is 10.2 Å². The van der Waals surface area contributed by atoms with E-state index in [4.69, 9.17) is 0 Å². The Hall–Kier alpha value is -0.330. The maximum atomic E-state index is 11.9. The van der Waals surface area contributed by atoms with Crippen molar-refractivity contribution in [2.24, 2.45) is 0 Å². The molecule has 0 amide bonds. The summed E-state index contributed by atoms with van der Waals surface area (Å²) in [6.07, 6.45) is 0.280. The van der Waals surface area contributed by atoms with Crippen LogP contribution in [0.2, 0.25) is 0 Å². The lowest BCUT2D eigenvalue weighted by Crippen LogP contribution is -2.42. The van der Waals surface area contributed by atoms with Crippen molar-refractivity contribution in [3.8, 4) is 0 Å². The van der Waals surface area contributed by atoms with Gasteiger partial charge in [-0.1, -0.05) is 6.92 Å². The van der Waals surface area contributed by atoms with Crippen molar-refractivity contribution in [2.75, 3.05) is 33.4 Å². The fourth-order valence-corrected chi connectivity index (χ4v) is 2.59. The van der Waals surface area contributed by atoms with E-state index >= 15 is 0 Å². The number of hydrogen-bond acceptors (Lipinski definition) is 3. The van der Waals surface area contributed by atoms with Crippen molar-refractivity contribution in [1.29, 1.82) is 0 Å². The second kappa shape index (κ2) is 8.07. The minimum absolute atomic E-state index is 0.142. The first-order valence-corrected chi connectivity index (χ1v) is 7.00. The minimum Gasteiger partial charge on any atom is -0.371 e. The fraction of sp³-hybridized carbons (Fsp3) is 1.00. The molecule has 1 aliphatic carbocycles. The molecule has 1 fully saturated rings. The highest BCUT2D eigenvalue weighted by Crippen LogP contribution is 2.22. The van der Waals surface area contributed by atoms with Crippen LogP contribution in [0.25, 0.3) is 0 Å². The highest BCUT2D eigenvalue weighted by atomic mass is 19.4. The highest BCUT2D eigenvalue weighted by Gasteiger charge is 2.28. The lowest BCUT2D eigenvalue weighted by molar-refractivity contribution is -0.174. The van der Waals surface area contributed by atoms with Crippen LogP contribution < -0.4 is 5.32 Å². The Morgan fingerprint density at radius 3 is 2.37 bits per heavy atom. The molecule has 0 aromatic rings. The largest absolute Gasteiger partial charge is 0.411 e. The molecule has 1 N–H and O–H groups in total. The van der Waals surface area contributed by atoms with E-state index in [9.17, 15) is 13.2 Å². The van der Waals surface area contributed by atoms with Gasteiger partial charge in [0.1, 0.15) is 6.61 Å². The van der Waals surface area contributed by atoms with Crippen LogP contribution in [0.1, 0.15) is 32.6 Å². The van der Waals surface area contributed by atoms with Crippen molar-refractivity contribution >= 4 is 0 Å². The van der Waals surface area contributed by atoms with E-state index in [1.54, 1.807) is 0 Å². The molecule has 0 atom stereocenters. The number of halogens is 3. The van der Waals surface area contributed by atoms with Gasteiger partial charge in [0.25, 0.3) is 0 Å². The number of nitrogens with zero attached hydrogens (tertiary/aromatic N) is 1. The third-order valence-electron chi connectivity index (χ3n) is 3.67. The molecule has 1 rings (SSSR count). The summed E-state index contributed by atoms with van der Waals surface area (Å²) in [6, 6.07) is 1.08. The Kier molecular flexibility index (Phi) is 7.10. The summed E-state index contributed by atoms with van der Waals surface area (Å²) in [5, 5.41) is 3.44. The molecule has 1 saturated carbocycles. The van der Waals surface area contributed by atoms with Crippen LogP contribution in [0, 0.1) is 0 Å². The molecule has 0 heterocycles. The molecule has 6 heteroatoms. The van der Waals surface area contributed by atoms with Crippen LogP contribution in [0.15, 0.2) is 0 Å². The fourth-order valence-electron chi connectivity index (χ4n) is 2.59. The Balaban J connectivity index is 2.12. The van der Waals surface area contributed by atoms with Gasteiger partial charge >= 0.3 is 6.18 Å². The molecule has 1 aliphatic rings. The van der Waals surface area contributed by atoms with Crippen LogP contribution in [0.4, 0.5) is 13.2 Å². The Bertz CT molecular complexity index is 241. The Morgan fingerprint density at radius 1 is 1.21 bits per heavy atom. The molecule has 114 valence electrons. The van der Waals surface area contributed by atoms with Gasteiger partial charge in [-0.3, -0.25) is 0 Å². The van der Waals surface area contributed by atoms with Gasteiger partial charge in [0.2, 0.25) is 0 Å². The molecule has 0 spiro atoms. The van der Waals surface area contributed by atoms with E-state index in [1.165, 1.54) is 0 Å². The minimum atomic E-state index is -4.22. The van der Waals surface area contributed by atoms with Gasteiger partial charge < -0.3 is 15.0 Å². The lowest BCUT2D eigenvalue weighted by atomic mass is 9.90. The molecule has 0 saturated heterocycles. The van der Waals surface area contributed by atoms with E-state index in [2.05, 4.69) is 21.9 Å². The predicted octanol–water partition coefficient (Wildman–Crippen LogP) is 2.42. The van der Waals surface area contributed by atoms with Crippen LogP contribution in [0.3, 0.4) is 0 Å². The van der Waals surface area contributed by atoms with E-state index in [-0.39, 0.29) is 6.61 Å². The number of ether oxygens (including phenoxy) is 1. The standard InChI is InChI=1S/C13H25F3N2O/c1-3-17-11-4-6-12(7-5-11)18(2)8-9-19-10-13(14,15)16/h11-12,17H,3-10H2,1-2H3. The van der Waals surface area contributed by atoms with Gasteiger partial charge in [0, 0.05) is 18.6 Å². The monoisotopic (exact) mass is 282 g/mol. The zero-order valence-corrected chi connectivity index (χ0v) is 11.8. The molecule has 19 heavy (non-hydrogen) atoms. The number of likely N-dealkylation sites (N-methyl/N-ethyl adjacent to an activating group) is 1. The summed E-state index contributed by atoms with van der Waals surface area (Å²) in [4.78, 5) is 2.12. The predicted molar refractivity (Wildman–Crippen MR) is 69.2 cm³/mol. The first kappa shape index (κ1) is 16.7. The summed E-state index contributed by atoms with van der Waals surface area (Å²) < 4.78 is 40.4. The first-order chi connectivity index (χ1) is 8.92. The van der Waals surface area contributed by atoms with Gasteiger partial charge in [0.05, 0.1) is 6.61 Å². The lowest BCUT2D eigenvalue weighted by Gasteiger charge is -2.34. The van der Waals surface area contributed by atoms with Gasteiger partial charge in [-0.05, 0) is 39.3 Å². The molecule has 0 aromatic heterocycles. The molecule has 3 nitrogen and oxygen atoms in total. The number of hydrogen-bond donors (Lipinski definition) is 1. The van der Waals surface area contributed by atoms with Gasteiger partial charge in [-0.15, -0.1) is 0 Å². The highest BCUT2D eigenvalue weighted by molar-refractivity contribution is 4.81. The second-order valence-electron chi connectivity index (χ2n) is 5.21. The second-order valence-corrected chi connectivity index (χ2v) is 5.21. The third-order valence-corrected chi connectivity index (χ3v) is 3.67. The molecule has 0 aliphatic heterocycles. The summed E-state index contributed by atoms with van der Waals surface area (Å²) in [5.74, 6) is 0. The molecule has 0 unspecified atom stereocenters. The topological polar surface area (TPSA) is 24.5 Å². The first-order valence-electron chi connectivity index (χ1n) is 7.00. The molecule has 0 aromatic carbocycles. The van der Waals surface area contributed by atoms with Crippen molar-refractivity contribution < 1.29 is 17.9 Å². The third kappa shape index (κ3) is 7.13. The zero-order valence-electron chi connectivity index (χ0n) is 11.8. The molecular formula is C13H25F3N2O. The molecular weight excluding hydrogens is 257 g/mol. The van der Waals surface area contributed by atoms with Crippen molar-refractivity contribution in [3.05, 3.63) is 0 Å². The number of alkyl halides is 3. The Morgan fingerprint density at radius 2 is 1.84 bits per heavy atom. The Labute approximate surface area is 113 Å². The van der Waals surface area contributed by atoms with Crippen molar-refractivity contribution in [3.63, 3.8) is 0 Å². The van der Waals surface area contributed by atoms with E-state index in [0.717, 1.165) is 32.2 Å². The summed E-state index contributed by atoms with van der Waals surface area (Å²) >= 11 is 0. The number of nitrogens with one attached hydrogen (secondary N) is 1. The summed E-state index contributed by atoms with van der Waals surface area (Å²) in [7, 11) is 1.97. The van der Waals surface area contributed by atoms with Gasteiger partial charge in [-0.25, -0.2) is 0 Å². The maximum Gasteiger partial charge on any atom is 0.411 e. The van der Waals surface area contributed by atoms with Crippen LogP contribution in [-0.4, -0.2) is 56.5 Å². The number of rotatable bonds is 7. The smallest absolute Gasteiger partial charge is 0.371 e. The summed E-state index contributed by atoms with van der Waals surface area (Å²) in [5.41, 5.74) is 0. The van der Waals surface area contributed by atoms with Gasteiger partial charge in [-0.2, -0.15) is 13.2 Å². The summed E-state index contributed by atoms with van der Waals surface area (Å²) in [6.45, 7) is 2.66. The van der Waals surface area contributed by atoms with Crippen LogP contribution >= 0.6 is 0 Å². The van der Waals surface area contributed by atoms with E-state index in [1.807, 2.05) is 7.05 Å². The van der Waals surface area contributed by atoms with Crippen LogP contribution in [-0.2, 0) is 4.74 Å². The maximum absolute atomic E-state index is 11.9. The normalized spacial score (nSPS) is 24.9. The average Bonchev–Trinajstić information content (AvgIpc) is 2.34. The van der Waals surface area contributed by atoms with Crippen molar-refractivity contribution in [2.45, 2.75) is 50.9 Å². The SMILES string of the molecule is CCNC1CCC(N(C)CCOCC(F)(F)F)CC1. The molecule has 0 radical (unpaired) electrons. The molecule has 0 bridgehead atoms.